The Hall–Kier alpha value is -1.60. The molecule has 0 radical (unpaired) electrons. The third-order valence-electron chi connectivity index (χ3n) is 5.11. The minimum atomic E-state index is -4.57. The lowest BCUT2D eigenvalue weighted by Gasteiger charge is -2.39. The van der Waals surface area contributed by atoms with Gasteiger partial charge in [-0.05, 0) is 36.1 Å². The first kappa shape index (κ1) is 20.1. The van der Waals surface area contributed by atoms with Crippen LogP contribution in [0.15, 0.2) is 48.5 Å². The maximum Gasteiger partial charge on any atom is 0.417 e. The van der Waals surface area contributed by atoms with E-state index in [4.69, 9.17) is 11.6 Å². The van der Waals surface area contributed by atoms with Gasteiger partial charge in [-0.3, -0.25) is 0 Å². The molecule has 3 rings (SSSR count). The van der Waals surface area contributed by atoms with Gasteiger partial charge in [0.2, 0.25) is 0 Å². The van der Waals surface area contributed by atoms with Crippen molar-refractivity contribution in [2.45, 2.75) is 30.7 Å². The molecule has 1 aliphatic heterocycles. The highest BCUT2D eigenvalue weighted by molar-refractivity contribution is 6.31. The lowest BCUT2D eigenvalue weighted by Crippen LogP contribution is -2.44. The molecule has 0 unspecified atom stereocenters. The van der Waals surface area contributed by atoms with Crippen molar-refractivity contribution in [1.29, 1.82) is 0 Å². The summed E-state index contributed by atoms with van der Waals surface area (Å²) >= 11 is 5.67. The number of benzene rings is 2. The molecule has 146 valence electrons. The second-order valence-corrected chi connectivity index (χ2v) is 7.36. The summed E-state index contributed by atoms with van der Waals surface area (Å²) in [5.74, 6) is 0. The van der Waals surface area contributed by atoms with E-state index in [9.17, 15) is 23.4 Å². The molecule has 1 aliphatic rings. The van der Waals surface area contributed by atoms with Crippen LogP contribution in [0.5, 0.6) is 0 Å². The highest BCUT2D eigenvalue weighted by Crippen LogP contribution is 2.40. The first-order chi connectivity index (χ1) is 12.7. The third-order valence-corrected chi connectivity index (χ3v) is 5.44. The van der Waals surface area contributed by atoms with E-state index in [0.29, 0.717) is 19.6 Å². The number of likely N-dealkylation sites (tertiary alicyclic amines) is 1. The fraction of sp³-hybridized carbons (Fsp3) is 0.400. The summed E-state index contributed by atoms with van der Waals surface area (Å²) in [5.41, 5.74) is -1.23. The number of β-amino-alcohol motifs (C(OH)–C–C–N with tert-alkyl or cyclic N) is 1. The Morgan fingerprint density at radius 3 is 2.30 bits per heavy atom. The van der Waals surface area contributed by atoms with E-state index in [-0.39, 0.29) is 23.4 Å². The van der Waals surface area contributed by atoms with Crippen LogP contribution in [-0.2, 0) is 11.8 Å². The Morgan fingerprint density at radius 2 is 1.70 bits per heavy atom. The molecule has 0 spiro atoms. The van der Waals surface area contributed by atoms with Gasteiger partial charge >= 0.3 is 6.18 Å². The number of hydrogen-bond acceptors (Lipinski definition) is 3. The van der Waals surface area contributed by atoms with Crippen LogP contribution in [0.25, 0.3) is 0 Å². The van der Waals surface area contributed by atoms with E-state index in [1.54, 1.807) is 0 Å². The van der Waals surface area contributed by atoms with Crippen molar-refractivity contribution < 1.29 is 23.4 Å². The molecule has 2 aromatic carbocycles. The lowest BCUT2D eigenvalue weighted by atomic mass is 9.83. The molecular weight excluding hydrogens is 379 g/mol. The molecular formula is C20H21ClF3NO2. The van der Waals surface area contributed by atoms with Crippen LogP contribution in [-0.4, -0.2) is 34.7 Å². The van der Waals surface area contributed by atoms with Gasteiger partial charge in [-0.2, -0.15) is 13.2 Å². The highest BCUT2D eigenvalue weighted by Gasteiger charge is 2.38. The molecule has 0 saturated carbocycles. The van der Waals surface area contributed by atoms with E-state index in [1.807, 2.05) is 35.2 Å². The van der Waals surface area contributed by atoms with Crippen molar-refractivity contribution in [3.63, 3.8) is 0 Å². The SMILES string of the molecule is O[C@@H](CN1CCC(O)(c2ccc(Cl)c(C(F)(F)F)c2)CC1)c1ccccc1. The van der Waals surface area contributed by atoms with Gasteiger partial charge in [0, 0.05) is 19.6 Å². The molecule has 0 bridgehead atoms. The van der Waals surface area contributed by atoms with E-state index in [2.05, 4.69) is 0 Å². The summed E-state index contributed by atoms with van der Waals surface area (Å²) in [4.78, 5) is 2.01. The van der Waals surface area contributed by atoms with Crippen molar-refractivity contribution in [2.75, 3.05) is 19.6 Å². The summed E-state index contributed by atoms with van der Waals surface area (Å²) in [6, 6.07) is 12.8. The molecule has 0 aliphatic carbocycles. The number of aliphatic hydroxyl groups is 2. The predicted molar refractivity (Wildman–Crippen MR) is 97.4 cm³/mol. The Bertz CT molecular complexity index is 775. The molecule has 27 heavy (non-hydrogen) atoms. The smallest absolute Gasteiger partial charge is 0.387 e. The largest absolute Gasteiger partial charge is 0.417 e. The first-order valence-corrected chi connectivity index (χ1v) is 9.12. The summed E-state index contributed by atoms with van der Waals surface area (Å²) in [6.45, 7) is 1.36. The second-order valence-electron chi connectivity index (χ2n) is 6.95. The van der Waals surface area contributed by atoms with Gasteiger partial charge in [-0.15, -0.1) is 0 Å². The lowest BCUT2D eigenvalue weighted by molar-refractivity contribution is -0.137. The topological polar surface area (TPSA) is 43.7 Å². The van der Waals surface area contributed by atoms with Crippen LogP contribution >= 0.6 is 11.6 Å². The van der Waals surface area contributed by atoms with E-state index in [0.717, 1.165) is 11.6 Å². The Kier molecular flexibility index (Phi) is 5.82. The van der Waals surface area contributed by atoms with Crippen molar-refractivity contribution in [3.8, 4) is 0 Å². The average molecular weight is 400 g/mol. The van der Waals surface area contributed by atoms with Crippen LogP contribution < -0.4 is 0 Å². The number of aliphatic hydroxyl groups excluding tert-OH is 1. The van der Waals surface area contributed by atoms with Gasteiger partial charge in [0.15, 0.2) is 0 Å². The highest BCUT2D eigenvalue weighted by atomic mass is 35.5. The number of nitrogens with zero attached hydrogens (tertiary/aromatic N) is 1. The van der Waals surface area contributed by atoms with Crippen molar-refractivity contribution in [2.24, 2.45) is 0 Å². The number of rotatable bonds is 4. The molecule has 0 amide bonds. The molecule has 1 fully saturated rings. The Balaban J connectivity index is 1.67. The molecule has 2 N–H and O–H groups in total. The van der Waals surface area contributed by atoms with Crippen LogP contribution in [0, 0.1) is 0 Å². The number of alkyl halides is 3. The molecule has 2 aromatic rings. The predicted octanol–water partition coefficient (Wildman–Crippen LogP) is 4.38. The summed E-state index contributed by atoms with van der Waals surface area (Å²) in [7, 11) is 0. The zero-order valence-corrected chi connectivity index (χ0v) is 15.3. The average Bonchev–Trinajstić information content (AvgIpc) is 2.64. The maximum absolute atomic E-state index is 13.1. The molecule has 0 aromatic heterocycles. The molecule has 3 nitrogen and oxygen atoms in total. The summed E-state index contributed by atoms with van der Waals surface area (Å²) < 4.78 is 39.3. The van der Waals surface area contributed by atoms with Crippen molar-refractivity contribution in [1.82, 2.24) is 4.90 Å². The van der Waals surface area contributed by atoms with E-state index >= 15 is 0 Å². The van der Waals surface area contributed by atoms with Gasteiger partial charge in [-0.1, -0.05) is 48.0 Å². The summed E-state index contributed by atoms with van der Waals surface area (Å²) in [5, 5.41) is 20.8. The van der Waals surface area contributed by atoms with Crippen molar-refractivity contribution >= 4 is 11.6 Å². The summed E-state index contributed by atoms with van der Waals surface area (Å²) in [6.07, 6.45) is -4.64. The Morgan fingerprint density at radius 1 is 1.07 bits per heavy atom. The van der Waals surface area contributed by atoms with Gasteiger partial charge in [0.25, 0.3) is 0 Å². The van der Waals surface area contributed by atoms with Gasteiger partial charge in [0.1, 0.15) is 0 Å². The Labute approximate surface area is 161 Å². The maximum atomic E-state index is 13.1. The normalized spacial score (nSPS) is 19.0. The van der Waals surface area contributed by atoms with Gasteiger partial charge in [-0.25, -0.2) is 0 Å². The van der Waals surface area contributed by atoms with Crippen LogP contribution in [0.3, 0.4) is 0 Å². The molecule has 1 heterocycles. The monoisotopic (exact) mass is 399 g/mol. The number of piperidine rings is 1. The van der Waals surface area contributed by atoms with Gasteiger partial charge in [0.05, 0.1) is 22.3 Å². The number of halogens is 4. The molecule has 1 saturated heterocycles. The van der Waals surface area contributed by atoms with Gasteiger partial charge < -0.3 is 15.1 Å². The van der Waals surface area contributed by atoms with Crippen LogP contribution in [0.2, 0.25) is 5.02 Å². The zero-order chi connectivity index (χ0) is 19.7. The third kappa shape index (κ3) is 4.63. The number of hydrogen-bond donors (Lipinski definition) is 2. The first-order valence-electron chi connectivity index (χ1n) is 8.74. The quantitative estimate of drug-likeness (QED) is 0.802. The zero-order valence-electron chi connectivity index (χ0n) is 14.6. The van der Waals surface area contributed by atoms with E-state index in [1.165, 1.54) is 12.1 Å². The molecule has 7 heteroatoms. The fourth-order valence-electron chi connectivity index (χ4n) is 3.45. The van der Waals surface area contributed by atoms with Crippen molar-refractivity contribution in [3.05, 3.63) is 70.2 Å². The minimum absolute atomic E-state index is 0.225. The standard InChI is InChI=1S/C20H21ClF3NO2/c21-17-7-6-15(12-16(17)20(22,23)24)19(27)8-10-25(11-9-19)13-18(26)14-4-2-1-3-5-14/h1-7,12,18,26-27H,8-11,13H2/t18-/m0/s1. The molecule has 1 atom stereocenters. The fourth-order valence-corrected chi connectivity index (χ4v) is 3.68. The second kappa shape index (κ2) is 7.80. The van der Waals surface area contributed by atoms with E-state index < -0.39 is 23.4 Å². The minimum Gasteiger partial charge on any atom is -0.387 e. The van der Waals surface area contributed by atoms with Crippen LogP contribution in [0.4, 0.5) is 13.2 Å². The van der Waals surface area contributed by atoms with Crippen LogP contribution in [0.1, 0.15) is 35.6 Å².